The van der Waals surface area contributed by atoms with Crippen LogP contribution in [0.1, 0.15) is 24.8 Å². The number of carbonyl (C=O) groups is 1. The number of benzene rings is 1. The van der Waals surface area contributed by atoms with Crippen molar-refractivity contribution in [2.24, 2.45) is 5.41 Å². The minimum Gasteiger partial charge on any atom is -0.377 e. The van der Waals surface area contributed by atoms with E-state index in [4.69, 9.17) is 21.1 Å². The summed E-state index contributed by atoms with van der Waals surface area (Å²) in [6.45, 7) is 2.62. The molecule has 3 rings (SSSR count). The second kappa shape index (κ2) is 7.20. The van der Waals surface area contributed by atoms with Gasteiger partial charge in [-0.1, -0.05) is 23.7 Å². The molecule has 0 N–H and O–H groups in total. The van der Waals surface area contributed by atoms with Gasteiger partial charge in [-0.25, -0.2) is 0 Å². The highest BCUT2D eigenvalue weighted by molar-refractivity contribution is 6.30. The number of halogens is 1. The van der Waals surface area contributed by atoms with E-state index in [0.717, 1.165) is 50.4 Å². The second-order valence-corrected chi connectivity index (χ2v) is 7.22. The van der Waals surface area contributed by atoms with Crippen molar-refractivity contribution in [3.8, 4) is 0 Å². The molecule has 0 aliphatic carbocycles. The van der Waals surface area contributed by atoms with Crippen LogP contribution in [0, 0.1) is 5.41 Å². The molecule has 1 unspecified atom stereocenters. The van der Waals surface area contributed by atoms with Crippen molar-refractivity contribution in [2.45, 2.75) is 31.8 Å². The number of hydrogen-bond donors (Lipinski definition) is 0. The molecular weight excluding hydrogens is 314 g/mol. The smallest absolute Gasteiger partial charge is 0.248 e. The Balaban J connectivity index is 1.53. The molecule has 2 aliphatic heterocycles. The van der Waals surface area contributed by atoms with E-state index in [1.54, 1.807) is 7.11 Å². The first kappa shape index (κ1) is 16.7. The van der Waals surface area contributed by atoms with Crippen LogP contribution in [0.25, 0.3) is 0 Å². The number of methoxy groups -OCH3 is 1. The van der Waals surface area contributed by atoms with Gasteiger partial charge in [-0.2, -0.15) is 0 Å². The Labute approximate surface area is 142 Å². The molecule has 1 aromatic carbocycles. The lowest BCUT2D eigenvalue weighted by molar-refractivity contribution is -0.137. The summed E-state index contributed by atoms with van der Waals surface area (Å²) in [6, 6.07) is 8.01. The van der Waals surface area contributed by atoms with Gasteiger partial charge in [-0.3, -0.25) is 4.79 Å². The average Bonchev–Trinajstić information content (AvgIpc) is 2.91. The largest absolute Gasteiger partial charge is 0.377 e. The molecule has 2 heterocycles. The number of hydrogen-bond acceptors (Lipinski definition) is 3. The average molecular weight is 338 g/mol. The van der Waals surface area contributed by atoms with Gasteiger partial charge in [-0.15, -0.1) is 0 Å². The number of amides is 1. The van der Waals surface area contributed by atoms with Gasteiger partial charge >= 0.3 is 0 Å². The first-order valence-corrected chi connectivity index (χ1v) is 8.61. The van der Waals surface area contributed by atoms with Crippen molar-refractivity contribution in [3.05, 3.63) is 34.9 Å². The molecule has 1 aromatic rings. The number of carbonyl (C=O) groups excluding carboxylic acids is 1. The summed E-state index contributed by atoms with van der Waals surface area (Å²) in [5, 5.41) is 0.778. The van der Waals surface area contributed by atoms with Gasteiger partial charge in [0.05, 0.1) is 12.7 Å². The summed E-state index contributed by atoms with van der Waals surface area (Å²) in [5.74, 6) is 0.0942. The van der Waals surface area contributed by atoms with Crippen LogP contribution in [0.15, 0.2) is 24.3 Å². The highest BCUT2D eigenvalue weighted by Gasteiger charge is 2.42. The van der Waals surface area contributed by atoms with Crippen LogP contribution in [0.3, 0.4) is 0 Å². The SMILES string of the molecule is COCC(=O)N1CCC2(CC1)COC(Cc1cccc(Cl)c1)C2. The first-order valence-electron chi connectivity index (χ1n) is 8.23. The Morgan fingerprint density at radius 2 is 2.22 bits per heavy atom. The van der Waals surface area contributed by atoms with Crippen LogP contribution >= 0.6 is 11.6 Å². The van der Waals surface area contributed by atoms with Crippen molar-refractivity contribution in [1.29, 1.82) is 0 Å². The topological polar surface area (TPSA) is 38.8 Å². The fourth-order valence-corrected chi connectivity index (χ4v) is 3.96. The maximum Gasteiger partial charge on any atom is 0.248 e. The van der Waals surface area contributed by atoms with E-state index in [1.807, 2.05) is 23.1 Å². The van der Waals surface area contributed by atoms with Crippen molar-refractivity contribution >= 4 is 17.5 Å². The molecule has 23 heavy (non-hydrogen) atoms. The van der Waals surface area contributed by atoms with Crippen LogP contribution in [0.2, 0.25) is 5.02 Å². The predicted octanol–water partition coefficient (Wildman–Crippen LogP) is 2.93. The monoisotopic (exact) mass is 337 g/mol. The third-order valence-electron chi connectivity index (χ3n) is 5.08. The molecule has 2 saturated heterocycles. The lowest BCUT2D eigenvalue weighted by atomic mass is 9.76. The number of piperidine rings is 1. The summed E-state index contributed by atoms with van der Waals surface area (Å²) < 4.78 is 11.0. The highest BCUT2D eigenvalue weighted by Crippen LogP contribution is 2.42. The van der Waals surface area contributed by atoms with Crippen LogP contribution in [-0.4, -0.2) is 50.3 Å². The van der Waals surface area contributed by atoms with E-state index >= 15 is 0 Å². The van der Waals surface area contributed by atoms with E-state index in [9.17, 15) is 4.79 Å². The van der Waals surface area contributed by atoms with Crippen LogP contribution in [0.5, 0.6) is 0 Å². The predicted molar refractivity (Wildman–Crippen MR) is 89.6 cm³/mol. The number of likely N-dealkylation sites (tertiary alicyclic amines) is 1. The highest BCUT2D eigenvalue weighted by atomic mass is 35.5. The summed E-state index contributed by atoms with van der Waals surface area (Å²) >= 11 is 6.06. The van der Waals surface area contributed by atoms with Crippen molar-refractivity contribution in [2.75, 3.05) is 33.4 Å². The summed E-state index contributed by atoms with van der Waals surface area (Å²) in [5.41, 5.74) is 1.47. The van der Waals surface area contributed by atoms with Crippen LogP contribution < -0.4 is 0 Å². The Kier molecular flexibility index (Phi) is 5.24. The van der Waals surface area contributed by atoms with Crippen LogP contribution in [-0.2, 0) is 20.7 Å². The molecule has 1 spiro atoms. The molecular formula is C18H24ClNO3. The third-order valence-corrected chi connectivity index (χ3v) is 5.32. The standard InChI is InChI=1S/C18H24ClNO3/c1-22-12-17(21)20-7-5-18(6-8-20)11-16(23-13-18)10-14-3-2-4-15(19)9-14/h2-4,9,16H,5-8,10-13H2,1H3. The molecule has 0 saturated carbocycles. The Morgan fingerprint density at radius 3 is 2.91 bits per heavy atom. The number of nitrogens with zero attached hydrogens (tertiary/aromatic N) is 1. The van der Waals surface area contributed by atoms with Crippen molar-refractivity contribution in [1.82, 2.24) is 4.90 Å². The summed E-state index contributed by atoms with van der Waals surface area (Å²) in [6.07, 6.45) is 4.29. The van der Waals surface area contributed by atoms with Gasteiger partial charge in [0.15, 0.2) is 0 Å². The molecule has 2 fully saturated rings. The van der Waals surface area contributed by atoms with Crippen molar-refractivity contribution < 1.29 is 14.3 Å². The van der Waals surface area contributed by atoms with Gasteiger partial charge in [0.1, 0.15) is 6.61 Å². The summed E-state index contributed by atoms with van der Waals surface area (Å²) in [7, 11) is 1.56. The second-order valence-electron chi connectivity index (χ2n) is 6.78. The van der Waals surface area contributed by atoms with Crippen molar-refractivity contribution in [3.63, 3.8) is 0 Å². The molecule has 1 atom stereocenters. The van der Waals surface area contributed by atoms with E-state index < -0.39 is 0 Å². The fraction of sp³-hybridized carbons (Fsp3) is 0.611. The third kappa shape index (κ3) is 4.06. The zero-order chi connectivity index (χ0) is 16.3. The maximum absolute atomic E-state index is 11.9. The van der Waals surface area contributed by atoms with Gasteiger partial charge in [0.2, 0.25) is 5.91 Å². The normalized spacial score (nSPS) is 23.4. The quantitative estimate of drug-likeness (QED) is 0.848. The molecule has 126 valence electrons. The molecule has 1 amide bonds. The fourth-order valence-electron chi connectivity index (χ4n) is 3.75. The summed E-state index contributed by atoms with van der Waals surface area (Å²) in [4.78, 5) is 13.8. The van der Waals surface area contributed by atoms with Gasteiger partial charge in [0, 0.05) is 25.2 Å². The lowest BCUT2D eigenvalue weighted by Crippen LogP contribution is -2.44. The molecule has 5 heteroatoms. The Bertz CT molecular complexity index is 555. The minimum absolute atomic E-state index is 0.0942. The van der Waals surface area contributed by atoms with Crippen LogP contribution in [0.4, 0.5) is 0 Å². The molecule has 2 aliphatic rings. The molecule has 0 bridgehead atoms. The first-order chi connectivity index (χ1) is 11.1. The van der Waals surface area contributed by atoms with Gasteiger partial charge in [0.25, 0.3) is 0 Å². The van der Waals surface area contributed by atoms with E-state index in [0.29, 0.717) is 0 Å². The maximum atomic E-state index is 11.9. The Hall–Kier alpha value is -1.10. The zero-order valence-corrected chi connectivity index (χ0v) is 14.3. The van der Waals surface area contributed by atoms with E-state index in [1.165, 1.54) is 5.56 Å². The zero-order valence-electron chi connectivity index (χ0n) is 13.6. The van der Waals surface area contributed by atoms with Gasteiger partial charge < -0.3 is 14.4 Å². The lowest BCUT2D eigenvalue weighted by Gasteiger charge is -2.38. The number of rotatable bonds is 4. The minimum atomic E-state index is 0.0942. The van der Waals surface area contributed by atoms with E-state index in [-0.39, 0.29) is 24.0 Å². The molecule has 0 aromatic heterocycles. The Morgan fingerprint density at radius 1 is 1.43 bits per heavy atom. The number of ether oxygens (including phenoxy) is 2. The molecule has 4 nitrogen and oxygen atoms in total. The molecule has 0 radical (unpaired) electrons. The van der Waals surface area contributed by atoms with Gasteiger partial charge in [-0.05, 0) is 48.8 Å². The van der Waals surface area contributed by atoms with E-state index in [2.05, 4.69) is 6.07 Å².